The van der Waals surface area contributed by atoms with Gasteiger partial charge in [0.15, 0.2) is 0 Å². The van der Waals surface area contributed by atoms with Crippen molar-refractivity contribution in [3.8, 4) is 66.8 Å². The quantitative estimate of drug-likeness (QED) is 0.164. The first-order valence-corrected chi connectivity index (χ1v) is 19.6. The Bertz CT molecular complexity index is 2800. The molecule has 10 aromatic carbocycles. The van der Waals surface area contributed by atoms with E-state index in [0.717, 1.165) is 33.6 Å². The van der Waals surface area contributed by atoms with Crippen LogP contribution in [0.25, 0.3) is 88.3 Å². The minimum absolute atomic E-state index is 1.05. The van der Waals surface area contributed by atoms with E-state index in [1.807, 2.05) is 0 Å². The van der Waals surface area contributed by atoms with E-state index in [1.165, 1.54) is 66.1 Å². The highest BCUT2D eigenvalue weighted by Crippen LogP contribution is 2.42. The maximum atomic E-state index is 3.93. The Hall–Kier alpha value is -7.48. The van der Waals surface area contributed by atoms with Crippen LogP contribution < -0.4 is 5.32 Å². The Morgan fingerprint density at radius 2 is 0.474 bits per heavy atom. The van der Waals surface area contributed by atoms with Gasteiger partial charge in [-0.1, -0.05) is 206 Å². The van der Waals surface area contributed by atoms with Gasteiger partial charge in [-0.25, -0.2) is 0 Å². The van der Waals surface area contributed by atoms with Gasteiger partial charge in [0.05, 0.1) is 0 Å². The van der Waals surface area contributed by atoms with Crippen LogP contribution in [0.4, 0.5) is 11.4 Å². The Kier molecular flexibility index (Phi) is 8.95. The van der Waals surface area contributed by atoms with Gasteiger partial charge in [0.1, 0.15) is 0 Å². The van der Waals surface area contributed by atoms with E-state index in [2.05, 4.69) is 236 Å². The van der Waals surface area contributed by atoms with Crippen LogP contribution >= 0.6 is 0 Å². The van der Waals surface area contributed by atoms with Crippen molar-refractivity contribution in [1.82, 2.24) is 0 Å². The first kappa shape index (κ1) is 34.0. The van der Waals surface area contributed by atoms with Gasteiger partial charge < -0.3 is 5.32 Å². The molecule has 57 heavy (non-hydrogen) atoms. The molecule has 10 rings (SSSR count). The van der Waals surface area contributed by atoms with Crippen molar-refractivity contribution in [3.63, 3.8) is 0 Å². The molecule has 0 amide bonds. The van der Waals surface area contributed by atoms with Crippen LogP contribution in [0.2, 0.25) is 0 Å². The molecule has 10 aromatic rings. The number of hydrogen-bond acceptors (Lipinski definition) is 1. The zero-order valence-corrected chi connectivity index (χ0v) is 31.4. The highest BCUT2D eigenvalue weighted by molar-refractivity contribution is 6.06. The summed E-state index contributed by atoms with van der Waals surface area (Å²) in [5, 5.41) is 8.91. The van der Waals surface area contributed by atoms with E-state index in [0.29, 0.717) is 0 Å². The molecule has 0 bridgehead atoms. The van der Waals surface area contributed by atoms with Gasteiger partial charge in [-0.15, -0.1) is 0 Å². The predicted molar refractivity (Wildman–Crippen MR) is 244 cm³/mol. The molecule has 0 aliphatic heterocycles. The fourth-order valence-corrected chi connectivity index (χ4v) is 8.36. The summed E-state index contributed by atoms with van der Waals surface area (Å²) < 4.78 is 0. The Balaban J connectivity index is 1.09. The average Bonchev–Trinajstić information content (AvgIpc) is 3.29. The smallest absolute Gasteiger partial charge is 0.0464 e. The summed E-state index contributed by atoms with van der Waals surface area (Å²) in [5.41, 5.74) is 16.5. The highest BCUT2D eigenvalue weighted by atomic mass is 14.9. The SMILES string of the molecule is c1ccc(-c2cc(-c3cccc4c(-c5ccccc5)cccc34)ccc2Nc2ccc(-c3cccc4c(-c5ccccc5)cccc34)cc2-c2ccccc2)cc1. The summed E-state index contributed by atoms with van der Waals surface area (Å²) in [6, 6.07) is 83.1. The fraction of sp³-hybridized carbons (Fsp3) is 0. The molecule has 268 valence electrons. The summed E-state index contributed by atoms with van der Waals surface area (Å²) in [6.07, 6.45) is 0. The highest BCUT2D eigenvalue weighted by Gasteiger charge is 2.16. The van der Waals surface area contributed by atoms with E-state index < -0.39 is 0 Å². The maximum Gasteiger partial charge on any atom is 0.0464 e. The molecule has 0 saturated carbocycles. The van der Waals surface area contributed by atoms with Crippen molar-refractivity contribution >= 4 is 32.9 Å². The number of benzene rings is 10. The van der Waals surface area contributed by atoms with Gasteiger partial charge in [0.2, 0.25) is 0 Å². The molecule has 0 radical (unpaired) electrons. The second-order valence-corrected chi connectivity index (χ2v) is 14.5. The molecule has 0 spiro atoms. The van der Waals surface area contributed by atoms with Crippen LogP contribution in [-0.4, -0.2) is 0 Å². The lowest BCUT2D eigenvalue weighted by Crippen LogP contribution is -1.97. The van der Waals surface area contributed by atoms with E-state index in [9.17, 15) is 0 Å². The van der Waals surface area contributed by atoms with Crippen molar-refractivity contribution in [1.29, 1.82) is 0 Å². The molecule has 0 unspecified atom stereocenters. The summed E-state index contributed by atoms with van der Waals surface area (Å²) in [4.78, 5) is 0. The molecule has 1 nitrogen and oxygen atoms in total. The molecule has 0 saturated heterocycles. The fourth-order valence-electron chi connectivity index (χ4n) is 8.36. The van der Waals surface area contributed by atoms with Gasteiger partial charge in [-0.05, 0) is 101 Å². The lowest BCUT2D eigenvalue weighted by Gasteiger charge is -2.19. The zero-order valence-electron chi connectivity index (χ0n) is 31.4. The first-order valence-electron chi connectivity index (χ1n) is 19.6. The molecule has 0 aliphatic carbocycles. The Morgan fingerprint density at radius 1 is 0.193 bits per heavy atom. The van der Waals surface area contributed by atoms with Crippen molar-refractivity contribution in [3.05, 3.63) is 231 Å². The number of rotatable bonds is 8. The number of hydrogen-bond donors (Lipinski definition) is 1. The average molecular weight is 726 g/mol. The largest absolute Gasteiger partial charge is 0.355 e. The Labute approximate surface area is 334 Å². The van der Waals surface area contributed by atoms with Crippen molar-refractivity contribution in [2.75, 3.05) is 5.32 Å². The molecule has 0 aliphatic rings. The molecule has 0 fully saturated rings. The van der Waals surface area contributed by atoms with Crippen LogP contribution in [-0.2, 0) is 0 Å². The van der Waals surface area contributed by atoms with Crippen molar-refractivity contribution in [2.24, 2.45) is 0 Å². The zero-order chi connectivity index (χ0) is 38.0. The lowest BCUT2D eigenvalue weighted by atomic mass is 9.90. The van der Waals surface area contributed by atoms with Crippen LogP contribution in [0.3, 0.4) is 0 Å². The topological polar surface area (TPSA) is 12.0 Å². The van der Waals surface area contributed by atoms with E-state index >= 15 is 0 Å². The molecular weight excluding hydrogens is 687 g/mol. The summed E-state index contributed by atoms with van der Waals surface area (Å²) in [7, 11) is 0. The number of nitrogens with one attached hydrogen (secondary N) is 1. The maximum absolute atomic E-state index is 3.93. The third-order valence-corrected chi connectivity index (χ3v) is 11.1. The molecular formula is C56H39N. The van der Waals surface area contributed by atoms with Crippen molar-refractivity contribution < 1.29 is 0 Å². The number of anilines is 2. The molecule has 0 atom stereocenters. The van der Waals surface area contributed by atoms with Crippen LogP contribution in [0, 0.1) is 0 Å². The van der Waals surface area contributed by atoms with Gasteiger partial charge >= 0.3 is 0 Å². The second-order valence-electron chi connectivity index (χ2n) is 14.5. The summed E-state index contributed by atoms with van der Waals surface area (Å²) in [5.74, 6) is 0. The predicted octanol–water partition coefficient (Wildman–Crippen LogP) is 15.7. The first-order chi connectivity index (χ1) is 28.3. The molecule has 0 heterocycles. The lowest BCUT2D eigenvalue weighted by molar-refractivity contribution is 1.51. The van der Waals surface area contributed by atoms with Crippen LogP contribution in [0.15, 0.2) is 231 Å². The molecule has 0 aromatic heterocycles. The van der Waals surface area contributed by atoms with Crippen LogP contribution in [0.5, 0.6) is 0 Å². The third-order valence-electron chi connectivity index (χ3n) is 11.1. The monoisotopic (exact) mass is 725 g/mol. The third kappa shape index (κ3) is 6.56. The second kappa shape index (κ2) is 15.0. The minimum atomic E-state index is 1.05. The van der Waals surface area contributed by atoms with Crippen LogP contribution in [0.1, 0.15) is 0 Å². The van der Waals surface area contributed by atoms with Crippen molar-refractivity contribution in [2.45, 2.75) is 0 Å². The minimum Gasteiger partial charge on any atom is -0.355 e. The standard InChI is InChI=1S/C56H39N/c1-5-17-39(18-6-1)45-25-13-31-51-47(27-15-29-49(45)51)43-33-35-55(53(37-43)41-21-9-3-10-22-41)57-56-36-34-44(38-54(56)42-23-11-4-12-24-42)48-28-16-30-50-46(26-14-32-52(48)50)40-19-7-2-8-20-40/h1-38,57H. The normalized spacial score (nSPS) is 11.2. The van der Waals surface area contributed by atoms with Gasteiger partial charge in [-0.2, -0.15) is 0 Å². The molecule has 1 N–H and O–H groups in total. The van der Waals surface area contributed by atoms with Gasteiger partial charge in [0.25, 0.3) is 0 Å². The number of fused-ring (bicyclic) bond motifs is 2. The van der Waals surface area contributed by atoms with E-state index in [4.69, 9.17) is 0 Å². The summed E-state index contributed by atoms with van der Waals surface area (Å²) >= 11 is 0. The van der Waals surface area contributed by atoms with Gasteiger partial charge in [0, 0.05) is 22.5 Å². The Morgan fingerprint density at radius 3 is 0.789 bits per heavy atom. The molecule has 1 heteroatoms. The van der Waals surface area contributed by atoms with E-state index in [1.54, 1.807) is 0 Å². The summed E-state index contributed by atoms with van der Waals surface area (Å²) in [6.45, 7) is 0. The van der Waals surface area contributed by atoms with Gasteiger partial charge in [-0.3, -0.25) is 0 Å². The van der Waals surface area contributed by atoms with E-state index in [-0.39, 0.29) is 0 Å².